The molecule has 2 saturated carbocycles. The standard InChI is InChI=1S/C46H55N5O7S2.C2H6/c1-28(2)36-27-59-42(49-36)35-23-40(33-18-19-39(57-5)29(3)41(33)48-35)58-32-22-37-38(52)25-46(44(54)50-60(55,56)45(4)20-21-45)24-30(46)14-10-7-6-8-13-17-34(43(53)51(37)26-32)47-31-15-11-9-12-16-31;1-2/h9-12,14-16,18-19,23,27-28,30,32,34,37,47H,6-8,13,17,20-22,24-26H2,1-5H3,(H,50,54);1-2H3/b14-10-;/t30-,32-,34+,37+,46-;/m1./s1. The molecular weight excluding hydrogens is 823 g/mol. The number of carbonyl (C=O) groups is 3. The number of carbonyl (C=O) groups excluding carboxylic acids is 3. The van der Waals surface area contributed by atoms with Crippen LogP contribution >= 0.6 is 11.3 Å². The van der Waals surface area contributed by atoms with Crippen molar-refractivity contribution < 1.29 is 32.3 Å². The Bertz CT molecular complexity index is 2430. The topological polar surface area (TPSA) is 157 Å². The number of hydrogen-bond acceptors (Lipinski definition) is 11. The summed E-state index contributed by atoms with van der Waals surface area (Å²) in [5, 5.41) is 7.02. The molecule has 0 bridgehead atoms. The zero-order valence-corrected chi connectivity index (χ0v) is 38.7. The number of thiazole rings is 1. The maximum absolute atomic E-state index is 14.9. The lowest BCUT2D eigenvalue weighted by molar-refractivity contribution is -0.139. The van der Waals surface area contributed by atoms with Crippen LogP contribution in [-0.2, 0) is 24.4 Å². The first-order valence-corrected chi connectivity index (χ1v) is 24.6. The van der Waals surface area contributed by atoms with Crippen molar-refractivity contribution in [1.82, 2.24) is 19.6 Å². The predicted molar refractivity (Wildman–Crippen MR) is 245 cm³/mol. The minimum absolute atomic E-state index is 0.139. The fourth-order valence-electron chi connectivity index (χ4n) is 8.68. The van der Waals surface area contributed by atoms with Crippen LogP contribution < -0.4 is 19.5 Å². The molecular formula is C48H61N5O7S2. The third kappa shape index (κ3) is 9.27. The molecule has 62 heavy (non-hydrogen) atoms. The number of rotatable bonds is 10. The van der Waals surface area contributed by atoms with Gasteiger partial charge in [0.15, 0.2) is 5.78 Å². The molecule has 2 aliphatic carbocycles. The highest BCUT2D eigenvalue weighted by molar-refractivity contribution is 7.91. The fraction of sp³-hybridized carbons (Fsp3) is 0.521. The van der Waals surface area contributed by atoms with E-state index in [1.165, 1.54) is 11.3 Å². The van der Waals surface area contributed by atoms with E-state index in [0.29, 0.717) is 48.4 Å². The van der Waals surface area contributed by atoms with Gasteiger partial charge in [-0.15, -0.1) is 11.3 Å². The highest BCUT2D eigenvalue weighted by Crippen LogP contribution is 2.57. The van der Waals surface area contributed by atoms with Gasteiger partial charge in [-0.1, -0.05) is 70.9 Å². The van der Waals surface area contributed by atoms with Crippen LogP contribution in [0.15, 0.2) is 66.1 Å². The summed E-state index contributed by atoms with van der Waals surface area (Å²) in [5.41, 5.74) is 2.74. The summed E-state index contributed by atoms with van der Waals surface area (Å²) in [6.07, 6.45) is 8.71. The molecule has 8 rings (SSSR count). The number of pyridine rings is 1. The van der Waals surface area contributed by atoms with Crippen LogP contribution in [0.2, 0.25) is 0 Å². The van der Waals surface area contributed by atoms with Crippen LogP contribution in [0, 0.1) is 18.3 Å². The average Bonchev–Trinajstić information content (AvgIpc) is 4.03. The summed E-state index contributed by atoms with van der Waals surface area (Å²) in [7, 11) is -2.31. The van der Waals surface area contributed by atoms with E-state index in [9.17, 15) is 22.8 Å². The van der Waals surface area contributed by atoms with E-state index in [-0.39, 0.29) is 42.9 Å². The van der Waals surface area contributed by atoms with E-state index in [0.717, 1.165) is 53.0 Å². The molecule has 3 fully saturated rings. The molecule has 1 saturated heterocycles. The van der Waals surface area contributed by atoms with E-state index in [2.05, 4.69) is 30.0 Å². The molecule has 4 aliphatic rings. The van der Waals surface area contributed by atoms with Crippen molar-refractivity contribution in [1.29, 1.82) is 0 Å². The normalized spacial score (nSPS) is 25.3. The Labute approximate surface area is 370 Å². The van der Waals surface area contributed by atoms with Gasteiger partial charge in [0.05, 0.1) is 41.1 Å². The van der Waals surface area contributed by atoms with Gasteiger partial charge in [0.1, 0.15) is 34.3 Å². The number of para-hydroxylation sites is 1. The molecule has 2 aliphatic heterocycles. The van der Waals surface area contributed by atoms with Crippen LogP contribution in [0.25, 0.3) is 21.6 Å². The number of ether oxygens (including phenoxy) is 2. The van der Waals surface area contributed by atoms with Gasteiger partial charge >= 0.3 is 0 Å². The number of aryl methyl sites for hydroxylation is 1. The lowest BCUT2D eigenvalue weighted by Gasteiger charge is -2.30. The first-order valence-electron chi connectivity index (χ1n) is 22.2. The smallest absolute Gasteiger partial charge is 0.245 e. The van der Waals surface area contributed by atoms with Gasteiger partial charge in [-0.3, -0.25) is 19.1 Å². The van der Waals surface area contributed by atoms with E-state index >= 15 is 0 Å². The second-order valence-electron chi connectivity index (χ2n) is 17.6. The van der Waals surface area contributed by atoms with Crippen LogP contribution in [0.4, 0.5) is 5.69 Å². The van der Waals surface area contributed by atoms with Crippen molar-refractivity contribution in [2.75, 3.05) is 19.0 Å². The third-order valence-electron chi connectivity index (χ3n) is 13.0. The number of methoxy groups -OCH3 is 1. The molecule has 0 spiro atoms. The number of hydrogen-bond donors (Lipinski definition) is 2. The fourth-order valence-corrected chi connectivity index (χ4v) is 11.0. The van der Waals surface area contributed by atoms with Crippen LogP contribution in [-0.4, -0.2) is 77.5 Å². The van der Waals surface area contributed by atoms with E-state index in [4.69, 9.17) is 19.4 Å². The maximum Gasteiger partial charge on any atom is 0.245 e. The molecule has 332 valence electrons. The summed E-state index contributed by atoms with van der Waals surface area (Å²) < 4.78 is 40.6. The van der Waals surface area contributed by atoms with Gasteiger partial charge in [0.25, 0.3) is 0 Å². The number of nitrogens with zero attached hydrogens (tertiary/aromatic N) is 3. The van der Waals surface area contributed by atoms with Crippen molar-refractivity contribution in [2.24, 2.45) is 11.3 Å². The predicted octanol–water partition coefficient (Wildman–Crippen LogP) is 9.14. The zero-order valence-electron chi connectivity index (χ0n) is 37.0. The highest BCUT2D eigenvalue weighted by atomic mass is 32.2. The molecule has 2 aromatic heterocycles. The number of sulfonamides is 1. The lowest BCUT2D eigenvalue weighted by Crippen LogP contribution is -2.49. The minimum atomic E-state index is -3.93. The van der Waals surface area contributed by atoms with Crippen LogP contribution in [0.5, 0.6) is 11.5 Å². The Hall–Kier alpha value is -4.82. The minimum Gasteiger partial charge on any atom is -0.496 e. The van der Waals surface area contributed by atoms with Gasteiger partial charge in [-0.05, 0) is 88.5 Å². The highest BCUT2D eigenvalue weighted by Gasteiger charge is 2.62. The number of Topliss-reactive ketones (excluding diaryl/α,β-unsaturated/α-hetero) is 1. The Morgan fingerprint density at radius 3 is 2.47 bits per heavy atom. The zero-order chi connectivity index (χ0) is 44.4. The molecule has 2 N–H and O–H groups in total. The summed E-state index contributed by atoms with van der Waals surface area (Å²) in [5.74, 6) is 0.0545. The van der Waals surface area contributed by atoms with Crippen molar-refractivity contribution in [3.63, 3.8) is 0 Å². The van der Waals surface area contributed by atoms with E-state index < -0.39 is 44.3 Å². The van der Waals surface area contributed by atoms with Crippen molar-refractivity contribution in [2.45, 2.75) is 135 Å². The van der Waals surface area contributed by atoms with Gasteiger partial charge in [0, 0.05) is 40.9 Å². The van der Waals surface area contributed by atoms with Gasteiger partial charge in [-0.25, -0.2) is 18.4 Å². The first-order chi connectivity index (χ1) is 29.7. The second-order valence-corrected chi connectivity index (χ2v) is 20.7. The number of nitrogens with one attached hydrogen (secondary N) is 2. The summed E-state index contributed by atoms with van der Waals surface area (Å²) in [6, 6.07) is 13.8. The quantitative estimate of drug-likeness (QED) is 0.147. The largest absolute Gasteiger partial charge is 0.496 e. The molecule has 2 amide bonds. The number of aromatic nitrogens is 2. The lowest BCUT2D eigenvalue weighted by atomic mass is 9.91. The molecule has 4 heterocycles. The Morgan fingerprint density at radius 1 is 1.02 bits per heavy atom. The number of anilines is 1. The molecule has 0 unspecified atom stereocenters. The number of amides is 2. The molecule has 0 radical (unpaired) electrons. The summed E-state index contributed by atoms with van der Waals surface area (Å²) in [6.45, 7) is 11.9. The van der Waals surface area contributed by atoms with Gasteiger partial charge in [0.2, 0.25) is 21.8 Å². The van der Waals surface area contributed by atoms with Crippen molar-refractivity contribution in [3.8, 4) is 22.2 Å². The van der Waals surface area contributed by atoms with Gasteiger partial charge in [-0.2, -0.15) is 0 Å². The molecule has 5 atom stereocenters. The molecule has 14 heteroatoms. The Balaban J connectivity index is 0.00000285. The average molecular weight is 884 g/mol. The summed E-state index contributed by atoms with van der Waals surface area (Å²) >= 11 is 1.51. The third-order valence-corrected chi connectivity index (χ3v) is 16.0. The van der Waals surface area contributed by atoms with Crippen molar-refractivity contribution in [3.05, 3.63) is 77.3 Å². The van der Waals surface area contributed by atoms with Crippen LogP contribution in [0.3, 0.4) is 0 Å². The molecule has 12 nitrogen and oxygen atoms in total. The Morgan fingerprint density at radius 2 is 1.77 bits per heavy atom. The monoisotopic (exact) mass is 883 g/mol. The van der Waals surface area contributed by atoms with Crippen LogP contribution in [0.1, 0.15) is 116 Å². The molecule has 2 aromatic carbocycles. The second kappa shape index (κ2) is 18.5. The first kappa shape index (κ1) is 45.2. The summed E-state index contributed by atoms with van der Waals surface area (Å²) in [4.78, 5) is 55.4. The number of ketones is 1. The molecule has 4 aromatic rings. The maximum atomic E-state index is 14.9. The Kier molecular flexibility index (Phi) is 13.5. The number of allylic oxidation sites excluding steroid dienone is 2. The SMILES string of the molecule is CC.COc1ccc2c(O[C@@H]3C[C@H]4C(=O)C[C@]5(C(=O)NS(=O)(=O)C6(C)CC6)C[C@H]5/C=C\CCCCC[C@H](Nc5ccccc5)C(=O)N4C3)cc(-c3nc(C(C)C)cs3)nc2c1C. The van der Waals surface area contributed by atoms with Gasteiger partial charge < -0.3 is 19.7 Å². The van der Waals surface area contributed by atoms with E-state index in [1.807, 2.05) is 80.8 Å². The number of benzene rings is 2. The van der Waals surface area contributed by atoms with E-state index in [1.54, 1.807) is 18.9 Å². The number of fused-ring (bicyclic) bond motifs is 3. The van der Waals surface area contributed by atoms with Crippen molar-refractivity contribution >= 4 is 55.5 Å².